The Hall–Kier alpha value is -2.53. The third-order valence-electron chi connectivity index (χ3n) is 3.68. The first kappa shape index (κ1) is 23.7. The van der Waals surface area contributed by atoms with Crippen LogP contribution in [0, 0.1) is 6.92 Å². The van der Waals surface area contributed by atoms with Crippen molar-refractivity contribution in [1.29, 1.82) is 0 Å². The van der Waals surface area contributed by atoms with E-state index in [1.807, 2.05) is 27.7 Å². The summed E-state index contributed by atoms with van der Waals surface area (Å²) < 4.78 is 18.6. The van der Waals surface area contributed by atoms with Gasteiger partial charge >= 0.3 is 0 Å². The number of nitrogens with one attached hydrogen (secondary N) is 2. The first-order valence-electron chi connectivity index (χ1n) is 9.68. The highest BCUT2D eigenvalue weighted by Gasteiger charge is 2.19. The average Bonchev–Trinajstić information content (AvgIpc) is 3.04. The van der Waals surface area contributed by atoms with Crippen molar-refractivity contribution in [3.05, 3.63) is 23.5 Å². The number of thioether (sulfide) groups is 1. The number of thiocarbonyl (C=S) groups is 1. The van der Waals surface area contributed by atoms with Crippen LogP contribution in [0.4, 0.5) is 0 Å². The zero-order chi connectivity index (χ0) is 22.1. The van der Waals surface area contributed by atoms with Gasteiger partial charge in [0.15, 0.2) is 16.6 Å². The van der Waals surface area contributed by atoms with Gasteiger partial charge in [-0.15, -0.1) is 10.2 Å². The summed E-state index contributed by atoms with van der Waals surface area (Å²) in [5.74, 6) is 2.38. The van der Waals surface area contributed by atoms with E-state index in [9.17, 15) is 4.79 Å². The lowest BCUT2D eigenvalue weighted by Gasteiger charge is -2.17. The van der Waals surface area contributed by atoms with Gasteiger partial charge < -0.3 is 14.2 Å². The van der Waals surface area contributed by atoms with Crippen molar-refractivity contribution in [3.8, 4) is 17.2 Å². The maximum atomic E-state index is 12.8. The predicted octanol–water partition coefficient (Wildman–Crippen LogP) is 3.15. The number of carbonyl (C=O) groups excluding carboxylic acids is 1. The number of hydrogen-bond acceptors (Lipinski definition) is 8. The Morgan fingerprint density at radius 1 is 1.07 bits per heavy atom. The fraction of sp³-hybridized carbons (Fsp3) is 0.474. The number of ether oxygens (including phenoxy) is 3. The van der Waals surface area contributed by atoms with Crippen molar-refractivity contribution in [3.63, 3.8) is 0 Å². The quantitative estimate of drug-likeness (QED) is 0.415. The molecule has 2 aromatic rings. The summed E-state index contributed by atoms with van der Waals surface area (Å²) >= 11 is 6.81. The van der Waals surface area contributed by atoms with Crippen LogP contribution in [0.15, 0.2) is 17.3 Å². The van der Waals surface area contributed by atoms with Crippen LogP contribution in [0.3, 0.4) is 0 Å². The van der Waals surface area contributed by atoms with Gasteiger partial charge in [0.05, 0.1) is 19.8 Å². The van der Waals surface area contributed by atoms with E-state index in [1.54, 1.807) is 23.7 Å². The molecule has 2 N–H and O–H groups in total. The lowest BCUT2D eigenvalue weighted by atomic mass is 10.1. The van der Waals surface area contributed by atoms with Crippen molar-refractivity contribution in [2.24, 2.45) is 0 Å². The van der Waals surface area contributed by atoms with Crippen LogP contribution >= 0.6 is 24.0 Å². The van der Waals surface area contributed by atoms with Gasteiger partial charge in [0.25, 0.3) is 5.91 Å². The molecule has 0 fully saturated rings. The second-order valence-electron chi connectivity index (χ2n) is 5.79. The molecule has 0 radical (unpaired) electrons. The fourth-order valence-corrected chi connectivity index (χ4v) is 3.37. The first-order valence-corrected chi connectivity index (χ1v) is 11.1. The molecule has 2 rings (SSSR count). The number of aryl methyl sites for hydroxylation is 1. The van der Waals surface area contributed by atoms with Crippen LogP contribution in [0.2, 0.25) is 0 Å². The van der Waals surface area contributed by atoms with E-state index >= 15 is 0 Å². The minimum absolute atomic E-state index is 0.116. The number of aromatic nitrogens is 3. The van der Waals surface area contributed by atoms with Gasteiger partial charge in [0.1, 0.15) is 5.82 Å². The Balaban J connectivity index is 2.23. The molecule has 0 aliphatic carbocycles. The van der Waals surface area contributed by atoms with Crippen LogP contribution in [-0.2, 0) is 0 Å². The molecule has 0 aliphatic rings. The molecular weight excluding hydrogens is 426 g/mol. The standard InChI is InChI=1S/C19H27N5O4S2/c1-6-26-14-10-13(11-15(27-7-2)16(14)28-8-3)17(25)20-18(29)23-24-12(5)21-22-19(24)30-9-4/h10-11H,6-9H2,1-5H3,(H2,20,23,25,29). The second-order valence-corrected chi connectivity index (χ2v) is 7.43. The Labute approximate surface area is 185 Å². The second kappa shape index (κ2) is 11.6. The normalized spacial score (nSPS) is 10.4. The zero-order valence-electron chi connectivity index (χ0n) is 17.8. The molecule has 1 amide bonds. The first-order chi connectivity index (χ1) is 14.4. The van der Waals surface area contributed by atoms with Gasteiger partial charge in [-0.3, -0.25) is 15.5 Å². The van der Waals surface area contributed by atoms with E-state index < -0.39 is 5.91 Å². The molecule has 1 aromatic carbocycles. The summed E-state index contributed by atoms with van der Waals surface area (Å²) in [7, 11) is 0. The molecule has 9 nitrogen and oxygen atoms in total. The zero-order valence-corrected chi connectivity index (χ0v) is 19.4. The van der Waals surface area contributed by atoms with Crippen LogP contribution < -0.4 is 25.0 Å². The summed E-state index contributed by atoms with van der Waals surface area (Å²) in [6.07, 6.45) is 0. The molecule has 164 valence electrons. The maximum Gasteiger partial charge on any atom is 0.257 e. The molecule has 0 saturated carbocycles. The third-order valence-corrected chi connectivity index (χ3v) is 4.68. The van der Waals surface area contributed by atoms with E-state index in [4.69, 9.17) is 26.4 Å². The van der Waals surface area contributed by atoms with Crippen molar-refractivity contribution < 1.29 is 19.0 Å². The maximum absolute atomic E-state index is 12.8. The Morgan fingerprint density at radius 3 is 2.20 bits per heavy atom. The number of amides is 1. The van der Waals surface area contributed by atoms with Crippen LogP contribution in [-0.4, -0.2) is 51.5 Å². The van der Waals surface area contributed by atoms with Crippen molar-refractivity contribution in [2.45, 2.75) is 39.8 Å². The molecule has 0 atom stereocenters. The molecule has 0 spiro atoms. The van der Waals surface area contributed by atoms with E-state index in [0.717, 1.165) is 5.75 Å². The van der Waals surface area contributed by atoms with Crippen LogP contribution in [0.5, 0.6) is 17.2 Å². The lowest BCUT2D eigenvalue weighted by Crippen LogP contribution is -2.38. The van der Waals surface area contributed by atoms with Gasteiger partial charge in [0.2, 0.25) is 10.9 Å². The van der Waals surface area contributed by atoms with E-state index in [-0.39, 0.29) is 5.11 Å². The third kappa shape index (κ3) is 5.99. The number of benzene rings is 1. The Bertz CT molecular complexity index is 861. The minimum atomic E-state index is -0.409. The summed E-state index contributed by atoms with van der Waals surface area (Å²) in [5.41, 5.74) is 3.27. The van der Waals surface area contributed by atoms with Crippen molar-refractivity contribution >= 4 is 35.0 Å². The molecule has 0 aliphatic heterocycles. The number of rotatable bonds is 10. The smallest absolute Gasteiger partial charge is 0.257 e. The topological polar surface area (TPSA) is 99.5 Å². The van der Waals surface area contributed by atoms with Crippen molar-refractivity contribution in [1.82, 2.24) is 20.2 Å². The molecule has 0 saturated heterocycles. The van der Waals surface area contributed by atoms with E-state index in [0.29, 0.717) is 53.6 Å². The number of hydrogen-bond donors (Lipinski definition) is 2. The van der Waals surface area contributed by atoms with Gasteiger partial charge in [0, 0.05) is 5.56 Å². The Kier molecular flexibility index (Phi) is 9.18. The van der Waals surface area contributed by atoms with Gasteiger partial charge in [-0.2, -0.15) is 0 Å². The monoisotopic (exact) mass is 453 g/mol. The molecule has 1 aromatic heterocycles. The molecule has 1 heterocycles. The summed E-state index contributed by atoms with van der Waals surface area (Å²) in [4.78, 5) is 12.8. The highest BCUT2D eigenvalue weighted by Crippen LogP contribution is 2.39. The summed E-state index contributed by atoms with van der Waals surface area (Å²) in [6, 6.07) is 3.22. The number of nitrogens with zero attached hydrogens (tertiary/aromatic N) is 3. The molecule has 30 heavy (non-hydrogen) atoms. The van der Waals surface area contributed by atoms with E-state index in [1.165, 1.54) is 11.8 Å². The molecular formula is C19H27N5O4S2. The SMILES string of the molecule is CCOc1cc(C(=O)NC(=S)Nn2c(C)nnc2SCC)cc(OCC)c1OCC. The van der Waals surface area contributed by atoms with Crippen LogP contribution in [0.25, 0.3) is 0 Å². The molecule has 0 unspecified atom stereocenters. The highest BCUT2D eigenvalue weighted by atomic mass is 32.2. The van der Waals surface area contributed by atoms with Crippen LogP contribution in [0.1, 0.15) is 43.9 Å². The summed E-state index contributed by atoms with van der Waals surface area (Å²) in [5, 5.41) is 11.5. The van der Waals surface area contributed by atoms with Crippen molar-refractivity contribution in [2.75, 3.05) is 31.0 Å². The lowest BCUT2D eigenvalue weighted by molar-refractivity contribution is 0.0976. The highest BCUT2D eigenvalue weighted by molar-refractivity contribution is 7.99. The summed E-state index contributed by atoms with van der Waals surface area (Å²) in [6.45, 7) is 10.7. The molecule has 11 heteroatoms. The van der Waals surface area contributed by atoms with Gasteiger partial charge in [-0.05, 0) is 57.8 Å². The minimum Gasteiger partial charge on any atom is -0.490 e. The average molecular weight is 454 g/mol. The van der Waals surface area contributed by atoms with E-state index in [2.05, 4.69) is 20.9 Å². The van der Waals surface area contributed by atoms with Gasteiger partial charge in [-0.25, -0.2) is 4.68 Å². The van der Waals surface area contributed by atoms with Gasteiger partial charge in [-0.1, -0.05) is 18.7 Å². The fourth-order valence-electron chi connectivity index (χ4n) is 2.52. The predicted molar refractivity (Wildman–Crippen MR) is 121 cm³/mol. The Morgan fingerprint density at radius 2 is 1.67 bits per heavy atom. The largest absolute Gasteiger partial charge is 0.490 e. The number of carbonyl (C=O) groups is 1. The molecule has 0 bridgehead atoms.